The molecule has 3 nitrogen and oxygen atoms in total. The second-order valence-corrected chi connectivity index (χ2v) is 4.81. The molecule has 0 aromatic carbocycles. The van der Waals surface area contributed by atoms with Crippen LogP contribution in [-0.4, -0.2) is 23.7 Å². The zero-order valence-electron chi connectivity index (χ0n) is 8.70. The van der Waals surface area contributed by atoms with Crippen molar-refractivity contribution in [3.8, 4) is 0 Å². The molecule has 0 radical (unpaired) electrons. The van der Waals surface area contributed by atoms with Gasteiger partial charge in [0.15, 0.2) is 0 Å². The molecule has 2 saturated carbocycles. The fourth-order valence-corrected chi connectivity index (χ4v) is 2.42. The van der Waals surface area contributed by atoms with Crippen LogP contribution in [0, 0.1) is 17.8 Å². The van der Waals surface area contributed by atoms with Crippen molar-refractivity contribution in [2.24, 2.45) is 17.8 Å². The minimum atomic E-state index is 0.211. The lowest BCUT2D eigenvalue weighted by Gasteiger charge is -2.18. The first-order valence-corrected chi connectivity index (χ1v) is 5.63. The van der Waals surface area contributed by atoms with E-state index in [1.165, 1.54) is 0 Å². The van der Waals surface area contributed by atoms with E-state index in [0.29, 0.717) is 11.8 Å². The molecule has 0 saturated heterocycles. The molecule has 0 spiro atoms. The van der Waals surface area contributed by atoms with Gasteiger partial charge in [0.1, 0.15) is 0 Å². The Kier molecular flexibility index (Phi) is 2.77. The van der Waals surface area contributed by atoms with E-state index in [1.807, 2.05) is 0 Å². The number of hydrogen-bond donors (Lipinski definition) is 2. The van der Waals surface area contributed by atoms with Crippen LogP contribution in [-0.2, 0) is 4.79 Å². The molecule has 3 heteroatoms. The molecule has 2 fully saturated rings. The normalized spacial score (nSPS) is 41.0. The van der Waals surface area contributed by atoms with E-state index in [2.05, 4.69) is 12.2 Å². The summed E-state index contributed by atoms with van der Waals surface area (Å²) in [5.74, 6) is 1.34. The van der Waals surface area contributed by atoms with Crippen LogP contribution in [0.4, 0.5) is 0 Å². The van der Waals surface area contributed by atoms with Gasteiger partial charge < -0.3 is 10.4 Å². The predicted molar refractivity (Wildman–Crippen MR) is 53.6 cm³/mol. The van der Waals surface area contributed by atoms with Crippen LogP contribution in [0.25, 0.3) is 0 Å². The Balaban J connectivity index is 1.81. The third kappa shape index (κ3) is 1.92. The van der Waals surface area contributed by atoms with Crippen molar-refractivity contribution < 1.29 is 9.90 Å². The lowest BCUT2D eigenvalue weighted by molar-refractivity contribution is -0.123. The standard InChI is InChI=1S/C11H19NO2/c1-7-5-9(7)11(14)12-10-4-2-3-8(10)6-13/h7-10,13H,2-6H2,1H3,(H,12,14). The van der Waals surface area contributed by atoms with Crippen LogP contribution in [0.1, 0.15) is 32.6 Å². The average Bonchev–Trinajstić information content (AvgIpc) is 2.74. The zero-order chi connectivity index (χ0) is 10.1. The van der Waals surface area contributed by atoms with Gasteiger partial charge in [-0.25, -0.2) is 0 Å². The molecule has 0 aromatic heterocycles. The van der Waals surface area contributed by atoms with Crippen molar-refractivity contribution in [1.29, 1.82) is 0 Å². The fraction of sp³-hybridized carbons (Fsp3) is 0.909. The number of amides is 1. The average molecular weight is 197 g/mol. The molecule has 1 amide bonds. The number of hydrogen-bond acceptors (Lipinski definition) is 2. The SMILES string of the molecule is CC1CC1C(=O)NC1CCCC1CO. The van der Waals surface area contributed by atoms with Crippen molar-refractivity contribution in [2.75, 3.05) is 6.61 Å². The second-order valence-electron chi connectivity index (χ2n) is 4.81. The first kappa shape index (κ1) is 9.97. The first-order valence-electron chi connectivity index (χ1n) is 5.63. The highest BCUT2D eigenvalue weighted by Gasteiger charge is 2.40. The Morgan fingerprint density at radius 2 is 2.21 bits per heavy atom. The number of aliphatic hydroxyl groups excluding tert-OH is 1. The summed E-state index contributed by atoms with van der Waals surface area (Å²) >= 11 is 0. The Bertz CT molecular complexity index is 229. The summed E-state index contributed by atoms with van der Waals surface area (Å²) in [6, 6.07) is 0.236. The number of aliphatic hydroxyl groups is 1. The maximum absolute atomic E-state index is 11.6. The summed E-state index contributed by atoms with van der Waals surface area (Å²) in [5.41, 5.74) is 0. The van der Waals surface area contributed by atoms with Crippen LogP contribution in [0.15, 0.2) is 0 Å². The van der Waals surface area contributed by atoms with Gasteiger partial charge in [0.25, 0.3) is 0 Å². The van der Waals surface area contributed by atoms with E-state index in [-0.39, 0.29) is 24.5 Å². The summed E-state index contributed by atoms with van der Waals surface area (Å²) < 4.78 is 0. The van der Waals surface area contributed by atoms with Gasteiger partial charge in [-0.15, -0.1) is 0 Å². The highest BCUT2D eigenvalue weighted by atomic mass is 16.3. The van der Waals surface area contributed by atoms with Crippen LogP contribution in [0.2, 0.25) is 0 Å². The third-order valence-corrected chi connectivity index (χ3v) is 3.67. The van der Waals surface area contributed by atoms with Crippen molar-refractivity contribution in [1.82, 2.24) is 5.32 Å². The van der Waals surface area contributed by atoms with E-state index >= 15 is 0 Å². The lowest BCUT2D eigenvalue weighted by atomic mass is 10.0. The molecular formula is C11H19NO2. The molecule has 0 heterocycles. The molecule has 4 atom stereocenters. The third-order valence-electron chi connectivity index (χ3n) is 3.67. The molecule has 2 rings (SSSR count). The van der Waals surface area contributed by atoms with Crippen LogP contribution in [0.5, 0.6) is 0 Å². The summed E-state index contributed by atoms with van der Waals surface area (Å²) in [6.07, 6.45) is 4.28. The highest BCUT2D eigenvalue weighted by molar-refractivity contribution is 5.81. The van der Waals surface area contributed by atoms with Crippen LogP contribution >= 0.6 is 0 Å². The Hall–Kier alpha value is -0.570. The molecule has 80 valence electrons. The maximum atomic E-state index is 11.6. The molecule has 14 heavy (non-hydrogen) atoms. The van der Waals surface area contributed by atoms with E-state index in [1.54, 1.807) is 0 Å². The second kappa shape index (κ2) is 3.89. The minimum absolute atomic E-state index is 0.211. The molecule has 2 aliphatic carbocycles. The fourth-order valence-electron chi connectivity index (χ4n) is 2.42. The summed E-state index contributed by atoms with van der Waals surface area (Å²) in [7, 11) is 0. The number of carbonyl (C=O) groups is 1. The highest BCUT2D eigenvalue weighted by Crippen LogP contribution is 2.38. The number of nitrogens with one attached hydrogen (secondary N) is 1. The molecule has 0 bridgehead atoms. The quantitative estimate of drug-likeness (QED) is 0.707. The van der Waals surface area contributed by atoms with Gasteiger partial charge in [-0.3, -0.25) is 4.79 Å². The minimum Gasteiger partial charge on any atom is -0.396 e. The summed E-state index contributed by atoms with van der Waals surface area (Å²) in [5, 5.41) is 12.2. The Morgan fingerprint density at radius 1 is 1.50 bits per heavy atom. The molecule has 4 unspecified atom stereocenters. The van der Waals surface area contributed by atoms with Gasteiger partial charge in [-0.2, -0.15) is 0 Å². The van der Waals surface area contributed by atoms with Crippen molar-refractivity contribution in [2.45, 2.75) is 38.6 Å². The molecule has 2 N–H and O–H groups in total. The largest absolute Gasteiger partial charge is 0.396 e. The summed E-state index contributed by atoms with van der Waals surface area (Å²) in [6.45, 7) is 2.33. The van der Waals surface area contributed by atoms with Crippen molar-refractivity contribution in [3.63, 3.8) is 0 Å². The van der Waals surface area contributed by atoms with Crippen LogP contribution in [0.3, 0.4) is 0 Å². The topological polar surface area (TPSA) is 49.3 Å². The predicted octanol–water partition coefficient (Wildman–Crippen LogP) is 0.920. The Morgan fingerprint density at radius 3 is 2.79 bits per heavy atom. The number of carbonyl (C=O) groups excluding carboxylic acids is 1. The van der Waals surface area contributed by atoms with Gasteiger partial charge in [-0.05, 0) is 25.2 Å². The van der Waals surface area contributed by atoms with Gasteiger partial charge in [0.05, 0.1) is 0 Å². The van der Waals surface area contributed by atoms with Gasteiger partial charge >= 0.3 is 0 Å². The van der Waals surface area contributed by atoms with Gasteiger partial charge in [0.2, 0.25) is 5.91 Å². The monoisotopic (exact) mass is 197 g/mol. The van der Waals surface area contributed by atoms with Crippen LogP contribution < -0.4 is 5.32 Å². The van der Waals surface area contributed by atoms with Crippen molar-refractivity contribution >= 4 is 5.91 Å². The number of rotatable bonds is 3. The molecular weight excluding hydrogens is 178 g/mol. The van der Waals surface area contributed by atoms with E-state index < -0.39 is 0 Å². The maximum Gasteiger partial charge on any atom is 0.223 e. The molecule has 0 aliphatic heterocycles. The molecule has 0 aromatic rings. The molecule has 2 aliphatic rings. The Labute approximate surface area is 84.9 Å². The first-order chi connectivity index (χ1) is 6.72. The van der Waals surface area contributed by atoms with E-state index in [9.17, 15) is 4.79 Å². The van der Waals surface area contributed by atoms with E-state index in [0.717, 1.165) is 25.7 Å². The lowest BCUT2D eigenvalue weighted by Crippen LogP contribution is -2.39. The van der Waals surface area contributed by atoms with Gasteiger partial charge in [0, 0.05) is 24.5 Å². The van der Waals surface area contributed by atoms with E-state index in [4.69, 9.17) is 5.11 Å². The van der Waals surface area contributed by atoms with Gasteiger partial charge in [-0.1, -0.05) is 13.3 Å². The smallest absolute Gasteiger partial charge is 0.223 e. The zero-order valence-corrected chi connectivity index (χ0v) is 8.70. The summed E-state index contributed by atoms with van der Waals surface area (Å²) in [4.78, 5) is 11.6. The van der Waals surface area contributed by atoms with Crippen molar-refractivity contribution in [3.05, 3.63) is 0 Å².